The fourth-order valence-electron chi connectivity index (χ4n) is 1.78. The summed E-state index contributed by atoms with van der Waals surface area (Å²) in [5.41, 5.74) is 0.361. The third-order valence-electron chi connectivity index (χ3n) is 2.71. The summed E-state index contributed by atoms with van der Waals surface area (Å²) in [6.07, 6.45) is 1.43. The van der Waals surface area contributed by atoms with E-state index in [9.17, 15) is 9.59 Å². The number of amides is 1. The Morgan fingerprint density at radius 1 is 1.24 bits per heavy atom. The van der Waals surface area contributed by atoms with E-state index in [2.05, 4.69) is 5.32 Å². The van der Waals surface area contributed by atoms with Crippen molar-refractivity contribution in [3.05, 3.63) is 58.0 Å². The van der Waals surface area contributed by atoms with Crippen LogP contribution >= 0.6 is 11.6 Å². The molecule has 0 unspecified atom stereocenters. The van der Waals surface area contributed by atoms with Crippen molar-refractivity contribution in [2.24, 2.45) is 0 Å². The van der Waals surface area contributed by atoms with Crippen LogP contribution in [0.1, 0.15) is 6.92 Å². The zero-order valence-corrected chi connectivity index (χ0v) is 12.3. The summed E-state index contributed by atoms with van der Waals surface area (Å²) in [5.74, 6) is 0.435. The fourth-order valence-corrected chi connectivity index (χ4v) is 1.96. The van der Waals surface area contributed by atoms with Crippen molar-refractivity contribution in [3.63, 3.8) is 0 Å². The van der Waals surface area contributed by atoms with E-state index in [0.717, 1.165) is 5.75 Å². The van der Waals surface area contributed by atoms with Crippen molar-refractivity contribution in [2.75, 3.05) is 11.9 Å². The van der Waals surface area contributed by atoms with Crippen molar-refractivity contribution in [3.8, 4) is 5.75 Å². The van der Waals surface area contributed by atoms with Crippen LogP contribution < -0.4 is 15.6 Å². The monoisotopic (exact) mass is 306 g/mol. The third-order valence-corrected chi connectivity index (χ3v) is 2.93. The molecule has 2 aromatic rings. The molecule has 0 aliphatic carbocycles. The summed E-state index contributed by atoms with van der Waals surface area (Å²) in [6.45, 7) is 2.40. The first-order valence-corrected chi connectivity index (χ1v) is 6.85. The predicted octanol–water partition coefficient (Wildman–Crippen LogP) is 2.54. The van der Waals surface area contributed by atoms with Crippen molar-refractivity contribution >= 4 is 23.2 Å². The molecule has 0 saturated heterocycles. The van der Waals surface area contributed by atoms with Gasteiger partial charge >= 0.3 is 0 Å². The topological polar surface area (TPSA) is 60.3 Å². The highest BCUT2D eigenvalue weighted by molar-refractivity contribution is 6.30. The first kappa shape index (κ1) is 15.1. The molecule has 0 saturated carbocycles. The van der Waals surface area contributed by atoms with Crippen LogP contribution in [0.2, 0.25) is 5.02 Å². The largest absolute Gasteiger partial charge is 0.494 e. The lowest BCUT2D eigenvalue weighted by atomic mass is 10.3. The molecule has 1 N–H and O–H groups in total. The quantitative estimate of drug-likeness (QED) is 0.923. The second kappa shape index (κ2) is 6.95. The average Bonchev–Trinajstić information content (AvgIpc) is 2.45. The molecule has 1 aromatic carbocycles. The first-order valence-electron chi connectivity index (χ1n) is 6.47. The number of halogens is 1. The fraction of sp³-hybridized carbons (Fsp3) is 0.200. The van der Waals surface area contributed by atoms with Crippen molar-refractivity contribution in [2.45, 2.75) is 13.5 Å². The summed E-state index contributed by atoms with van der Waals surface area (Å²) >= 11 is 5.80. The summed E-state index contributed by atoms with van der Waals surface area (Å²) in [5, 5.41) is 3.12. The highest BCUT2D eigenvalue weighted by Gasteiger charge is 2.06. The smallest absolute Gasteiger partial charge is 0.251 e. The summed E-state index contributed by atoms with van der Waals surface area (Å²) in [6, 6.07) is 9.83. The number of carbonyl (C=O) groups is 1. The summed E-state index contributed by atoms with van der Waals surface area (Å²) in [4.78, 5) is 23.5. The minimum Gasteiger partial charge on any atom is -0.494 e. The highest BCUT2D eigenvalue weighted by atomic mass is 35.5. The van der Waals surface area contributed by atoms with Gasteiger partial charge in [-0.25, -0.2) is 0 Å². The number of anilines is 1. The van der Waals surface area contributed by atoms with Crippen molar-refractivity contribution in [1.29, 1.82) is 0 Å². The number of pyridine rings is 1. The molecule has 2 rings (SSSR count). The normalized spacial score (nSPS) is 10.2. The third kappa shape index (κ3) is 4.36. The van der Waals surface area contributed by atoms with E-state index >= 15 is 0 Å². The lowest BCUT2D eigenvalue weighted by molar-refractivity contribution is -0.116. The zero-order valence-electron chi connectivity index (χ0n) is 11.5. The van der Waals surface area contributed by atoms with Crippen LogP contribution in [-0.4, -0.2) is 17.1 Å². The molecule has 0 spiro atoms. The second-order valence-electron chi connectivity index (χ2n) is 4.32. The van der Waals surface area contributed by atoms with Crippen LogP contribution in [0.4, 0.5) is 5.69 Å². The number of benzene rings is 1. The van der Waals surface area contributed by atoms with Crippen LogP contribution in [0.25, 0.3) is 0 Å². The van der Waals surface area contributed by atoms with Crippen LogP contribution in [0.5, 0.6) is 5.75 Å². The van der Waals surface area contributed by atoms with E-state index in [-0.39, 0.29) is 18.0 Å². The van der Waals surface area contributed by atoms with Crippen molar-refractivity contribution in [1.82, 2.24) is 4.57 Å². The number of aromatic nitrogens is 1. The summed E-state index contributed by atoms with van der Waals surface area (Å²) in [7, 11) is 0. The van der Waals surface area contributed by atoms with E-state index in [1.807, 2.05) is 6.92 Å². The molecule has 6 heteroatoms. The van der Waals surface area contributed by atoms with E-state index in [1.54, 1.807) is 24.3 Å². The first-order chi connectivity index (χ1) is 10.1. The van der Waals surface area contributed by atoms with Gasteiger partial charge in [0.1, 0.15) is 12.3 Å². The number of hydrogen-bond donors (Lipinski definition) is 1. The molecular weight excluding hydrogens is 292 g/mol. The molecule has 1 heterocycles. The SMILES string of the molecule is CCOc1ccc(NC(=O)Cn2cc(Cl)ccc2=O)cc1. The molecule has 0 fully saturated rings. The van der Waals surface area contributed by atoms with Crippen LogP contribution in [-0.2, 0) is 11.3 Å². The van der Waals surface area contributed by atoms with Crippen LogP contribution in [0, 0.1) is 0 Å². The number of nitrogens with one attached hydrogen (secondary N) is 1. The minimum absolute atomic E-state index is 0.0907. The number of ether oxygens (including phenoxy) is 1. The zero-order chi connectivity index (χ0) is 15.2. The predicted molar refractivity (Wildman–Crippen MR) is 82.0 cm³/mol. The van der Waals surface area contributed by atoms with Gasteiger partial charge < -0.3 is 14.6 Å². The average molecular weight is 307 g/mol. The molecule has 0 radical (unpaired) electrons. The summed E-state index contributed by atoms with van der Waals surface area (Å²) < 4.78 is 6.57. The molecule has 1 amide bonds. The van der Waals surface area contributed by atoms with E-state index < -0.39 is 0 Å². The molecule has 0 aliphatic heterocycles. The van der Waals surface area contributed by atoms with E-state index in [4.69, 9.17) is 16.3 Å². The van der Waals surface area contributed by atoms with Crippen LogP contribution in [0.15, 0.2) is 47.4 Å². The van der Waals surface area contributed by atoms with Gasteiger partial charge in [-0.05, 0) is 37.3 Å². The standard InChI is InChI=1S/C15H15ClN2O3/c1-2-21-13-6-4-12(5-7-13)17-14(19)10-18-9-11(16)3-8-15(18)20/h3-9H,2,10H2,1H3,(H,17,19). The van der Waals surface area contributed by atoms with Gasteiger partial charge in [-0.3, -0.25) is 9.59 Å². The Hall–Kier alpha value is -2.27. The van der Waals surface area contributed by atoms with Gasteiger partial charge in [-0.1, -0.05) is 11.6 Å². The Bertz CT molecular complexity index is 680. The number of carbonyl (C=O) groups excluding carboxylic acids is 1. The maximum absolute atomic E-state index is 11.9. The maximum Gasteiger partial charge on any atom is 0.251 e. The molecule has 5 nitrogen and oxygen atoms in total. The van der Waals surface area contributed by atoms with Gasteiger partial charge in [0.2, 0.25) is 5.91 Å². The molecule has 0 bridgehead atoms. The Morgan fingerprint density at radius 3 is 2.62 bits per heavy atom. The van der Waals surface area contributed by atoms with E-state index in [0.29, 0.717) is 17.3 Å². The number of rotatable bonds is 5. The maximum atomic E-state index is 11.9. The lowest BCUT2D eigenvalue weighted by Gasteiger charge is -2.08. The van der Waals surface area contributed by atoms with Gasteiger partial charge in [-0.15, -0.1) is 0 Å². The van der Waals surface area contributed by atoms with Gasteiger partial charge in [0.25, 0.3) is 5.56 Å². The second-order valence-corrected chi connectivity index (χ2v) is 4.76. The Balaban J connectivity index is 2.01. The molecule has 110 valence electrons. The Morgan fingerprint density at radius 2 is 1.95 bits per heavy atom. The van der Waals surface area contributed by atoms with Gasteiger partial charge in [0, 0.05) is 18.0 Å². The van der Waals surface area contributed by atoms with Crippen molar-refractivity contribution < 1.29 is 9.53 Å². The number of nitrogens with zero attached hydrogens (tertiary/aromatic N) is 1. The Labute approximate surface area is 127 Å². The molecule has 1 aromatic heterocycles. The number of hydrogen-bond acceptors (Lipinski definition) is 3. The Kier molecular flexibility index (Phi) is 5.00. The molecule has 0 atom stereocenters. The van der Waals surface area contributed by atoms with Gasteiger partial charge in [-0.2, -0.15) is 0 Å². The molecular formula is C15H15ClN2O3. The lowest BCUT2D eigenvalue weighted by Crippen LogP contribution is -2.26. The minimum atomic E-state index is -0.302. The molecule has 0 aliphatic rings. The van der Waals surface area contributed by atoms with E-state index in [1.165, 1.54) is 22.9 Å². The van der Waals surface area contributed by atoms with Gasteiger partial charge in [0.15, 0.2) is 0 Å². The highest BCUT2D eigenvalue weighted by Crippen LogP contribution is 2.15. The van der Waals surface area contributed by atoms with Crippen LogP contribution in [0.3, 0.4) is 0 Å². The van der Waals surface area contributed by atoms with Gasteiger partial charge in [0.05, 0.1) is 11.6 Å². The molecule has 21 heavy (non-hydrogen) atoms.